The summed E-state index contributed by atoms with van der Waals surface area (Å²) in [4.78, 5) is 12.7. The van der Waals surface area contributed by atoms with Crippen LogP contribution in [0.2, 0.25) is 0 Å². The number of nitrogens with one attached hydrogen (secondary N) is 1. The van der Waals surface area contributed by atoms with Gasteiger partial charge in [0.05, 0.1) is 18.8 Å². The van der Waals surface area contributed by atoms with E-state index in [-0.39, 0.29) is 17.3 Å². The zero-order chi connectivity index (χ0) is 18.6. The Hall–Kier alpha value is -2.64. The first-order valence-electron chi connectivity index (χ1n) is 8.77. The summed E-state index contributed by atoms with van der Waals surface area (Å²) in [5.41, 5.74) is 2.94. The lowest BCUT2D eigenvalue weighted by atomic mass is 9.97. The molecule has 0 spiro atoms. The van der Waals surface area contributed by atoms with Crippen LogP contribution in [0.25, 0.3) is 0 Å². The molecule has 1 N–H and O–H groups in total. The molecular weight excluding hydrogens is 329 g/mol. The smallest absolute Gasteiger partial charge is 0.251 e. The monoisotopic (exact) mass is 351 g/mol. The fourth-order valence-electron chi connectivity index (χ4n) is 2.90. The van der Waals surface area contributed by atoms with Crippen molar-refractivity contribution in [3.05, 3.63) is 70.6 Å². The Bertz CT molecular complexity index is 864. The molecule has 134 valence electrons. The van der Waals surface area contributed by atoms with E-state index in [0.29, 0.717) is 30.8 Å². The molecule has 0 unspecified atom stereocenters. The van der Waals surface area contributed by atoms with Crippen LogP contribution in [0.1, 0.15) is 32.3 Å². The van der Waals surface area contributed by atoms with Crippen LogP contribution in [0, 0.1) is 17.7 Å². The first-order valence-corrected chi connectivity index (χ1v) is 8.77. The van der Waals surface area contributed by atoms with Crippen molar-refractivity contribution in [1.29, 1.82) is 0 Å². The van der Waals surface area contributed by atoms with Crippen LogP contribution in [-0.4, -0.2) is 24.7 Å². The van der Waals surface area contributed by atoms with Crippen LogP contribution in [-0.2, 0) is 9.53 Å². The molecule has 0 atom stereocenters. The maximum atomic E-state index is 13.2. The van der Waals surface area contributed by atoms with Gasteiger partial charge in [-0.3, -0.25) is 4.79 Å². The Morgan fingerprint density at radius 3 is 2.77 bits per heavy atom. The van der Waals surface area contributed by atoms with E-state index in [1.165, 1.54) is 12.1 Å². The molecule has 0 radical (unpaired) electrons. The molecule has 0 bridgehead atoms. The third-order valence-corrected chi connectivity index (χ3v) is 4.48. The van der Waals surface area contributed by atoms with Crippen LogP contribution in [0.3, 0.4) is 0 Å². The Balaban J connectivity index is 1.76. The molecule has 0 saturated carbocycles. The first kappa shape index (κ1) is 18.2. The number of hydrogen-bond donors (Lipinski definition) is 1. The van der Waals surface area contributed by atoms with Crippen molar-refractivity contribution >= 4 is 5.91 Å². The largest absolute Gasteiger partial charge is 0.376 e. The van der Waals surface area contributed by atoms with E-state index in [4.69, 9.17) is 4.74 Å². The summed E-state index contributed by atoms with van der Waals surface area (Å²) in [6.45, 7) is 5.11. The fourth-order valence-corrected chi connectivity index (χ4v) is 2.90. The molecule has 2 aliphatic rings. The van der Waals surface area contributed by atoms with E-state index in [0.717, 1.165) is 17.6 Å². The average molecular weight is 351 g/mol. The molecule has 1 amide bonds. The number of amides is 1. The highest BCUT2D eigenvalue weighted by Gasteiger charge is 2.35. The van der Waals surface area contributed by atoms with E-state index in [2.05, 4.69) is 17.2 Å². The van der Waals surface area contributed by atoms with Gasteiger partial charge in [-0.05, 0) is 50.1 Å². The highest BCUT2D eigenvalue weighted by molar-refractivity contribution is 5.98. The normalized spacial score (nSPS) is 18.2. The van der Waals surface area contributed by atoms with Crippen molar-refractivity contribution in [2.75, 3.05) is 13.2 Å². The summed E-state index contributed by atoms with van der Waals surface area (Å²) in [5, 5.41) is 3.06. The van der Waals surface area contributed by atoms with Gasteiger partial charge in [-0.1, -0.05) is 36.5 Å². The maximum absolute atomic E-state index is 13.2. The molecule has 1 saturated heterocycles. The summed E-state index contributed by atoms with van der Waals surface area (Å²) in [6.07, 6.45) is 7.16. The second-order valence-corrected chi connectivity index (χ2v) is 6.84. The van der Waals surface area contributed by atoms with Crippen LogP contribution >= 0.6 is 0 Å². The minimum Gasteiger partial charge on any atom is -0.376 e. The van der Waals surface area contributed by atoms with Gasteiger partial charge in [-0.2, -0.15) is 0 Å². The number of benzene rings is 1. The Labute approximate surface area is 153 Å². The minimum absolute atomic E-state index is 0.0726. The van der Waals surface area contributed by atoms with Gasteiger partial charge in [-0.15, -0.1) is 0 Å². The van der Waals surface area contributed by atoms with Gasteiger partial charge in [0.2, 0.25) is 0 Å². The highest BCUT2D eigenvalue weighted by atomic mass is 19.1. The van der Waals surface area contributed by atoms with Gasteiger partial charge >= 0.3 is 0 Å². The van der Waals surface area contributed by atoms with Crippen LogP contribution in [0.5, 0.6) is 0 Å². The first-order chi connectivity index (χ1) is 12.5. The molecule has 3 rings (SSSR count). The molecule has 1 heterocycles. The predicted molar refractivity (Wildman–Crippen MR) is 99.8 cm³/mol. The highest BCUT2D eigenvalue weighted by Crippen LogP contribution is 2.23. The van der Waals surface area contributed by atoms with Crippen molar-refractivity contribution < 1.29 is 13.9 Å². The molecule has 1 fully saturated rings. The van der Waals surface area contributed by atoms with Gasteiger partial charge in [0.25, 0.3) is 5.91 Å². The van der Waals surface area contributed by atoms with Crippen molar-refractivity contribution in [3.63, 3.8) is 0 Å². The SMILES string of the molecule is CCC1=C(C(=O)NC2(C)COC2)C=CC(C#Cc2cccc(F)c2)=CC1. The molecule has 26 heavy (non-hydrogen) atoms. The van der Waals surface area contributed by atoms with E-state index in [1.807, 2.05) is 32.1 Å². The number of allylic oxidation sites excluding steroid dienone is 4. The molecule has 1 aliphatic carbocycles. The van der Waals surface area contributed by atoms with E-state index in [1.54, 1.807) is 12.1 Å². The second kappa shape index (κ2) is 7.72. The molecule has 1 aliphatic heterocycles. The third kappa shape index (κ3) is 4.30. The maximum Gasteiger partial charge on any atom is 0.251 e. The van der Waals surface area contributed by atoms with Crippen molar-refractivity contribution in [2.24, 2.45) is 0 Å². The van der Waals surface area contributed by atoms with Gasteiger partial charge in [0.1, 0.15) is 5.82 Å². The van der Waals surface area contributed by atoms with Gasteiger partial charge in [0, 0.05) is 16.7 Å². The molecule has 1 aromatic carbocycles. The molecular formula is C22H22FNO2. The topological polar surface area (TPSA) is 38.3 Å². The summed E-state index contributed by atoms with van der Waals surface area (Å²) < 4.78 is 18.4. The van der Waals surface area contributed by atoms with Crippen molar-refractivity contribution in [2.45, 2.75) is 32.2 Å². The van der Waals surface area contributed by atoms with Crippen LogP contribution in [0.15, 0.2) is 59.2 Å². The number of ether oxygens (including phenoxy) is 1. The van der Waals surface area contributed by atoms with E-state index >= 15 is 0 Å². The van der Waals surface area contributed by atoms with Crippen molar-refractivity contribution in [3.8, 4) is 11.8 Å². The van der Waals surface area contributed by atoms with Crippen molar-refractivity contribution in [1.82, 2.24) is 5.32 Å². The minimum atomic E-state index is -0.301. The molecule has 0 aromatic heterocycles. The Kier molecular flexibility index (Phi) is 5.39. The van der Waals surface area contributed by atoms with Gasteiger partial charge < -0.3 is 10.1 Å². The lowest BCUT2D eigenvalue weighted by Gasteiger charge is -2.38. The molecule has 1 aromatic rings. The molecule has 3 nitrogen and oxygen atoms in total. The van der Waals surface area contributed by atoms with Crippen LogP contribution in [0.4, 0.5) is 4.39 Å². The summed E-state index contributed by atoms with van der Waals surface area (Å²) in [7, 11) is 0. The number of carbonyl (C=O) groups excluding carboxylic acids is 1. The Morgan fingerprint density at radius 1 is 1.31 bits per heavy atom. The fraction of sp³-hybridized carbons (Fsp3) is 0.318. The zero-order valence-electron chi connectivity index (χ0n) is 15.1. The quantitative estimate of drug-likeness (QED) is 0.844. The lowest BCUT2D eigenvalue weighted by Crippen LogP contribution is -2.60. The number of carbonyl (C=O) groups is 1. The lowest BCUT2D eigenvalue weighted by molar-refractivity contribution is -0.127. The number of rotatable bonds is 3. The summed E-state index contributed by atoms with van der Waals surface area (Å²) in [5.74, 6) is 5.66. The standard InChI is InChI=1S/C22H22FNO2/c1-3-18-11-9-16(7-8-17-5-4-6-19(23)13-17)10-12-20(18)21(25)24-22(2)14-26-15-22/h4-6,9-10,12-13H,3,11,14-15H2,1-2H3,(H,24,25). The van der Waals surface area contributed by atoms with E-state index < -0.39 is 0 Å². The summed E-state index contributed by atoms with van der Waals surface area (Å²) >= 11 is 0. The van der Waals surface area contributed by atoms with E-state index in [9.17, 15) is 9.18 Å². The zero-order valence-corrected chi connectivity index (χ0v) is 15.1. The number of halogens is 1. The molecule has 4 heteroatoms. The average Bonchev–Trinajstić information content (AvgIpc) is 2.80. The second-order valence-electron chi connectivity index (χ2n) is 6.84. The third-order valence-electron chi connectivity index (χ3n) is 4.48. The van der Waals surface area contributed by atoms with Gasteiger partial charge in [-0.25, -0.2) is 4.39 Å². The summed E-state index contributed by atoms with van der Waals surface area (Å²) in [6, 6.07) is 6.21. The predicted octanol–water partition coefficient (Wildman–Crippen LogP) is 3.68. The van der Waals surface area contributed by atoms with Crippen LogP contribution < -0.4 is 5.32 Å². The number of hydrogen-bond acceptors (Lipinski definition) is 2. The van der Waals surface area contributed by atoms with Gasteiger partial charge in [0.15, 0.2) is 0 Å². The Morgan fingerprint density at radius 2 is 2.12 bits per heavy atom.